The van der Waals surface area contributed by atoms with E-state index in [2.05, 4.69) is 36.6 Å². The molecular formula is C23H24N8O4S. The van der Waals surface area contributed by atoms with Gasteiger partial charge in [-0.3, -0.25) is 9.59 Å². The average Bonchev–Trinajstić information content (AvgIpc) is 3.46. The fourth-order valence-corrected chi connectivity index (χ4v) is 6.10. The molecule has 1 aromatic heterocycles. The van der Waals surface area contributed by atoms with Crippen LogP contribution in [-0.2, 0) is 9.59 Å². The highest BCUT2D eigenvalue weighted by Crippen LogP contribution is 2.56. The van der Waals surface area contributed by atoms with Gasteiger partial charge >= 0.3 is 6.03 Å². The summed E-state index contributed by atoms with van der Waals surface area (Å²) in [5.41, 5.74) is 1.00. The van der Waals surface area contributed by atoms with Crippen LogP contribution in [0.3, 0.4) is 0 Å². The number of aromatic amines is 1. The first-order valence-electron chi connectivity index (χ1n) is 11.2. The number of rotatable bonds is 6. The molecule has 2 aromatic carbocycles. The summed E-state index contributed by atoms with van der Waals surface area (Å²) in [6.45, 7) is 3.97. The average molecular weight is 509 g/mol. The molecule has 186 valence electrons. The lowest BCUT2D eigenvalue weighted by Gasteiger charge is -2.44. The van der Waals surface area contributed by atoms with Gasteiger partial charge in [-0.25, -0.2) is 4.79 Å². The standard InChI is InChI=1S/C23H24N8O4S/c1-23(2)17(18-27-29-30-28-18)31-20(34)16(21(31)36-23)25-19(33)15(12-8-10-14(32)11-9-12)26-22(35)24-13-6-4-3-5-7-13/h3-11,15-17,21,32H,1-2H3,(H,25,33)(H2,24,26,35)(H,27,28,29,30)/t15?,16?,17?,21-/m0/s1. The predicted molar refractivity (Wildman–Crippen MR) is 131 cm³/mol. The number of nitrogens with zero attached hydrogens (tertiary/aromatic N) is 4. The van der Waals surface area contributed by atoms with E-state index in [0.29, 0.717) is 17.1 Å². The molecule has 12 nitrogen and oxygen atoms in total. The first-order chi connectivity index (χ1) is 17.2. The number of para-hydroxylation sites is 1. The zero-order valence-corrected chi connectivity index (χ0v) is 20.2. The van der Waals surface area contributed by atoms with Crippen molar-refractivity contribution in [3.8, 4) is 5.75 Å². The molecule has 3 heterocycles. The van der Waals surface area contributed by atoms with Crippen molar-refractivity contribution >= 4 is 35.3 Å². The molecule has 2 aliphatic rings. The number of phenols is 1. The fourth-order valence-electron chi connectivity index (χ4n) is 4.47. The largest absolute Gasteiger partial charge is 0.508 e. The van der Waals surface area contributed by atoms with Crippen LogP contribution in [0.25, 0.3) is 0 Å². The van der Waals surface area contributed by atoms with Crippen LogP contribution in [-0.4, -0.2) is 64.6 Å². The number of hydrogen-bond acceptors (Lipinski definition) is 8. The number of urea groups is 1. The second-order valence-electron chi connectivity index (χ2n) is 9.01. The second kappa shape index (κ2) is 9.15. The summed E-state index contributed by atoms with van der Waals surface area (Å²) >= 11 is 1.54. The van der Waals surface area contributed by atoms with Gasteiger partial charge in [-0.1, -0.05) is 35.5 Å². The number of carbonyl (C=O) groups is 3. The molecule has 3 aromatic rings. The van der Waals surface area contributed by atoms with Gasteiger partial charge in [-0.2, -0.15) is 5.21 Å². The van der Waals surface area contributed by atoms with E-state index in [1.54, 1.807) is 29.2 Å². The van der Waals surface area contributed by atoms with Crippen molar-refractivity contribution in [3.05, 3.63) is 66.0 Å². The molecule has 0 spiro atoms. The van der Waals surface area contributed by atoms with Gasteiger partial charge in [-0.05, 0) is 43.7 Å². The van der Waals surface area contributed by atoms with Crippen molar-refractivity contribution in [1.29, 1.82) is 0 Å². The number of aromatic hydroxyl groups is 1. The molecule has 2 saturated heterocycles. The SMILES string of the molecule is CC1(C)S[C@H]2C(NC(=O)C(NC(=O)Nc3ccccc3)c3ccc(O)cc3)C(=O)N2C1c1nn[nH]n1. The molecule has 4 atom stereocenters. The topological polar surface area (TPSA) is 165 Å². The Kier molecular flexibility index (Phi) is 6.00. The van der Waals surface area contributed by atoms with Crippen LogP contribution in [0.1, 0.15) is 37.3 Å². The number of β-lactam (4-membered cyclic amide) rings is 1. The minimum atomic E-state index is -1.11. The van der Waals surface area contributed by atoms with Crippen LogP contribution in [0.15, 0.2) is 54.6 Å². The van der Waals surface area contributed by atoms with Gasteiger partial charge < -0.3 is 26.0 Å². The summed E-state index contributed by atoms with van der Waals surface area (Å²) in [5, 5.41) is 31.7. The van der Waals surface area contributed by atoms with Gasteiger partial charge in [0.15, 0.2) is 5.82 Å². The Balaban J connectivity index is 1.33. The Bertz CT molecular complexity index is 1270. The molecule has 0 bridgehead atoms. The smallest absolute Gasteiger partial charge is 0.320 e. The molecule has 0 aliphatic carbocycles. The number of tetrazole rings is 1. The van der Waals surface area contributed by atoms with E-state index in [4.69, 9.17) is 0 Å². The molecule has 3 unspecified atom stereocenters. The number of phenolic OH excluding ortho intramolecular Hbond substituents is 1. The van der Waals surface area contributed by atoms with Crippen LogP contribution >= 0.6 is 11.8 Å². The minimum absolute atomic E-state index is 0.0218. The summed E-state index contributed by atoms with van der Waals surface area (Å²) in [5.74, 6) is -0.384. The molecular weight excluding hydrogens is 484 g/mol. The zero-order chi connectivity index (χ0) is 25.4. The van der Waals surface area contributed by atoms with Crippen molar-refractivity contribution < 1.29 is 19.5 Å². The summed E-state index contributed by atoms with van der Waals surface area (Å²) in [4.78, 5) is 40.9. The summed E-state index contributed by atoms with van der Waals surface area (Å²) in [7, 11) is 0. The number of thioether (sulfide) groups is 1. The van der Waals surface area contributed by atoms with E-state index < -0.39 is 34.8 Å². The summed E-state index contributed by atoms with van der Waals surface area (Å²) in [6, 6.07) is 11.9. The van der Waals surface area contributed by atoms with Gasteiger partial charge in [0.1, 0.15) is 29.2 Å². The lowest BCUT2D eigenvalue weighted by atomic mass is 9.95. The van der Waals surface area contributed by atoms with Gasteiger partial charge in [0, 0.05) is 10.4 Å². The van der Waals surface area contributed by atoms with Gasteiger partial charge in [-0.15, -0.1) is 22.0 Å². The lowest BCUT2D eigenvalue weighted by Crippen LogP contribution is -2.68. The highest BCUT2D eigenvalue weighted by molar-refractivity contribution is 8.01. The number of nitrogens with one attached hydrogen (secondary N) is 4. The highest BCUT2D eigenvalue weighted by atomic mass is 32.2. The molecule has 5 N–H and O–H groups in total. The number of H-pyrrole nitrogens is 1. The maximum absolute atomic E-state index is 13.4. The van der Waals surface area contributed by atoms with Crippen LogP contribution in [0, 0.1) is 0 Å². The Morgan fingerprint density at radius 1 is 1.14 bits per heavy atom. The number of fused-ring (bicyclic) bond motifs is 1. The first-order valence-corrected chi connectivity index (χ1v) is 12.1. The van der Waals surface area contributed by atoms with E-state index >= 15 is 0 Å². The third-order valence-corrected chi connectivity index (χ3v) is 7.71. The van der Waals surface area contributed by atoms with Crippen molar-refractivity contribution in [2.75, 3.05) is 5.32 Å². The number of amides is 4. The molecule has 36 heavy (non-hydrogen) atoms. The number of anilines is 1. The van der Waals surface area contributed by atoms with E-state index in [1.165, 1.54) is 36.0 Å². The van der Waals surface area contributed by atoms with Crippen LogP contribution in [0.2, 0.25) is 0 Å². The normalized spacial score (nSPS) is 22.8. The Morgan fingerprint density at radius 2 is 1.86 bits per heavy atom. The van der Waals surface area contributed by atoms with Gasteiger partial charge in [0.2, 0.25) is 11.8 Å². The van der Waals surface area contributed by atoms with Crippen LogP contribution in [0.4, 0.5) is 10.5 Å². The minimum Gasteiger partial charge on any atom is -0.508 e. The molecule has 13 heteroatoms. The van der Waals surface area contributed by atoms with Crippen molar-refractivity contribution in [2.45, 2.75) is 42.1 Å². The zero-order valence-electron chi connectivity index (χ0n) is 19.4. The maximum atomic E-state index is 13.4. The van der Waals surface area contributed by atoms with Crippen molar-refractivity contribution in [1.82, 2.24) is 36.2 Å². The maximum Gasteiger partial charge on any atom is 0.320 e. The lowest BCUT2D eigenvalue weighted by molar-refractivity contribution is -0.152. The van der Waals surface area contributed by atoms with E-state index in [1.807, 2.05) is 19.9 Å². The van der Waals surface area contributed by atoms with Crippen LogP contribution in [0.5, 0.6) is 5.75 Å². The van der Waals surface area contributed by atoms with Crippen molar-refractivity contribution in [2.24, 2.45) is 0 Å². The highest BCUT2D eigenvalue weighted by Gasteiger charge is 2.63. The molecule has 0 saturated carbocycles. The van der Waals surface area contributed by atoms with Gasteiger partial charge in [0.25, 0.3) is 0 Å². The Morgan fingerprint density at radius 3 is 2.53 bits per heavy atom. The molecule has 0 radical (unpaired) electrons. The monoisotopic (exact) mass is 508 g/mol. The quantitative estimate of drug-likeness (QED) is 0.314. The third-order valence-electron chi connectivity index (χ3n) is 6.14. The molecule has 5 rings (SSSR count). The number of aromatic nitrogens is 4. The van der Waals surface area contributed by atoms with E-state index in [0.717, 1.165) is 0 Å². The summed E-state index contributed by atoms with van der Waals surface area (Å²) in [6.07, 6.45) is 0. The van der Waals surface area contributed by atoms with E-state index in [-0.39, 0.29) is 17.0 Å². The fraction of sp³-hybridized carbons (Fsp3) is 0.304. The molecule has 2 aliphatic heterocycles. The predicted octanol–water partition coefficient (Wildman–Crippen LogP) is 1.69. The molecule has 2 fully saturated rings. The number of hydrogen-bond donors (Lipinski definition) is 5. The summed E-state index contributed by atoms with van der Waals surface area (Å²) < 4.78 is -0.409. The number of benzene rings is 2. The van der Waals surface area contributed by atoms with Crippen molar-refractivity contribution in [3.63, 3.8) is 0 Å². The first kappa shape index (κ1) is 23.6. The number of carbonyl (C=O) groups excluding carboxylic acids is 3. The van der Waals surface area contributed by atoms with Gasteiger partial charge in [0.05, 0.1) is 0 Å². The van der Waals surface area contributed by atoms with E-state index in [9.17, 15) is 19.5 Å². The third kappa shape index (κ3) is 4.33. The second-order valence-corrected chi connectivity index (χ2v) is 10.8. The Labute approximate surface area is 210 Å². The molecule has 4 amide bonds. The Hall–Kier alpha value is -4.13. The van der Waals surface area contributed by atoms with Crippen LogP contribution < -0.4 is 16.0 Å².